The SMILES string of the molecule is CCCN1CCC(NC(=NC)NCc2cccc(OCc3ccccc3)c2)CC1. The fourth-order valence-corrected chi connectivity index (χ4v) is 3.68. The van der Waals surface area contributed by atoms with E-state index in [2.05, 4.69) is 51.7 Å². The summed E-state index contributed by atoms with van der Waals surface area (Å²) in [5, 5.41) is 7.02. The number of aliphatic imine (C=N–C) groups is 1. The molecule has 1 fully saturated rings. The number of hydrogen-bond acceptors (Lipinski definition) is 3. The number of hydrogen-bond donors (Lipinski definition) is 2. The number of ether oxygens (including phenoxy) is 1. The maximum absolute atomic E-state index is 5.94. The van der Waals surface area contributed by atoms with Crippen molar-refractivity contribution in [2.45, 2.75) is 45.4 Å². The molecule has 3 rings (SSSR count). The van der Waals surface area contributed by atoms with Gasteiger partial charge >= 0.3 is 0 Å². The molecule has 1 aliphatic rings. The van der Waals surface area contributed by atoms with Gasteiger partial charge in [-0.1, -0.05) is 49.4 Å². The van der Waals surface area contributed by atoms with Crippen LogP contribution in [0.2, 0.25) is 0 Å². The summed E-state index contributed by atoms with van der Waals surface area (Å²) in [5.74, 6) is 1.76. The predicted molar refractivity (Wildman–Crippen MR) is 120 cm³/mol. The molecule has 1 saturated heterocycles. The lowest BCUT2D eigenvalue weighted by molar-refractivity contribution is 0.206. The van der Waals surface area contributed by atoms with Gasteiger partial charge in [-0.3, -0.25) is 4.99 Å². The normalized spacial score (nSPS) is 15.9. The Morgan fingerprint density at radius 1 is 1.07 bits per heavy atom. The van der Waals surface area contributed by atoms with Crippen LogP contribution in [0.3, 0.4) is 0 Å². The maximum Gasteiger partial charge on any atom is 0.191 e. The quantitative estimate of drug-likeness (QED) is 0.528. The largest absolute Gasteiger partial charge is 0.489 e. The first kappa shape index (κ1) is 21.2. The third kappa shape index (κ3) is 7.09. The molecule has 0 amide bonds. The molecule has 2 N–H and O–H groups in total. The summed E-state index contributed by atoms with van der Waals surface area (Å²) in [5.41, 5.74) is 2.35. The van der Waals surface area contributed by atoms with Crippen molar-refractivity contribution in [3.8, 4) is 5.75 Å². The molecule has 156 valence electrons. The van der Waals surface area contributed by atoms with Crippen LogP contribution in [0.5, 0.6) is 5.75 Å². The molecule has 0 atom stereocenters. The van der Waals surface area contributed by atoms with Crippen LogP contribution in [0.1, 0.15) is 37.3 Å². The predicted octanol–water partition coefficient (Wildman–Crippen LogP) is 3.81. The zero-order chi connectivity index (χ0) is 20.3. The standard InChI is InChI=1S/C24H34N4O/c1-3-14-28-15-12-22(13-16-28)27-24(25-2)26-18-21-10-7-11-23(17-21)29-19-20-8-5-4-6-9-20/h4-11,17,22H,3,12-16,18-19H2,1-2H3,(H2,25,26,27). The minimum Gasteiger partial charge on any atom is -0.489 e. The summed E-state index contributed by atoms with van der Waals surface area (Å²) in [6, 6.07) is 19.0. The number of benzene rings is 2. The van der Waals surface area contributed by atoms with E-state index in [0.29, 0.717) is 12.6 Å². The highest BCUT2D eigenvalue weighted by molar-refractivity contribution is 5.79. The second-order valence-corrected chi connectivity index (χ2v) is 7.61. The Hall–Kier alpha value is -2.53. The number of piperidine rings is 1. The average molecular weight is 395 g/mol. The van der Waals surface area contributed by atoms with Gasteiger partial charge < -0.3 is 20.3 Å². The number of rotatable bonds is 8. The van der Waals surface area contributed by atoms with Gasteiger partial charge in [-0.05, 0) is 49.1 Å². The molecule has 0 radical (unpaired) electrons. The van der Waals surface area contributed by atoms with Crippen molar-refractivity contribution in [2.24, 2.45) is 4.99 Å². The molecule has 0 spiro atoms. The Labute approximate surface area is 175 Å². The second-order valence-electron chi connectivity index (χ2n) is 7.61. The number of likely N-dealkylation sites (tertiary alicyclic amines) is 1. The lowest BCUT2D eigenvalue weighted by Crippen LogP contribution is -2.48. The smallest absolute Gasteiger partial charge is 0.191 e. The van der Waals surface area contributed by atoms with Gasteiger partial charge in [0.25, 0.3) is 0 Å². The molecule has 2 aromatic rings. The van der Waals surface area contributed by atoms with E-state index in [9.17, 15) is 0 Å². The van der Waals surface area contributed by atoms with Crippen LogP contribution in [0.25, 0.3) is 0 Å². The molecule has 0 unspecified atom stereocenters. The van der Waals surface area contributed by atoms with Crippen molar-refractivity contribution >= 4 is 5.96 Å². The molecule has 2 aromatic carbocycles. The highest BCUT2D eigenvalue weighted by Crippen LogP contribution is 2.15. The van der Waals surface area contributed by atoms with Crippen molar-refractivity contribution in [3.63, 3.8) is 0 Å². The zero-order valence-electron chi connectivity index (χ0n) is 17.7. The second kappa shape index (κ2) is 11.5. The van der Waals surface area contributed by atoms with Gasteiger partial charge in [0.15, 0.2) is 5.96 Å². The van der Waals surface area contributed by atoms with Crippen molar-refractivity contribution in [1.29, 1.82) is 0 Å². The van der Waals surface area contributed by atoms with Gasteiger partial charge in [0.05, 0.1) is 0 Å². The maximum atomic E-state index is 5.94. The monoisotopic (exact) mass is 394 g/mol. The molecule has 5 heteroatoms. The van der Waals surface area contributed by atoms with E-state index >= 15 is 0 Å². The summed E-state index contributed by atoms with van der Waals surface area (Å²) in [4.78, 5) is 6.95. The van der Waals surface area contributed by atoms with E-state index in [0.717, 1.165) is 18.3 Å². The van der Waals surface area contributed by atoms with Crippen molar-refractivity contribution < 1.29 is 4.74 Å². The lowest BCUT2D eigenvalue weighted by atomic mass is 10.1. The molecule has 29 heavy (non-hydrogen) atoms. The van der Waals surface area contributed by atoms with E-state index in [-0.39, 0.29) is 0 Å². The molecule has 0 aromatic heterocycles. The van der Waals surface area contributed by atoms with Crippen LogP contribution < -0.4 is 15.4 Å². The Balaban J connectivity index is 1.45. The van der Waals surface area contributed by atoms with Crippen LogP contribution >= 0.6 is 0 Å². The third-order valence-corrected chi connectivity index (χ3v) is 5.30. The van der Waals surface area contributed by atoms with E-state index in [1.807, 2.05) is 37.4 Å². The van der Waals surface area contributed by atoms with Crippen molar-refractivity contribution in [1.82, 2.24) is 15.5 Å². The zero-order valence-corrected chi connectivity index (χ0v) is 17.7. The topological polar surface area (TPSA) is 48.9 Å². The summed E-state index contributed by atoms with van der Waals surface area (Å²) >= 11 is 0. The van der Waals surface area contributed by atoms with Crippen LogP contribution in [0, 0.1) is 0 Å². The first-order valence-corrected chi connectivity index (χ1v) is 10.7. The Morgan fingerprint density at radius 3 is 2.55 bits per heavy atom. The van der Waals surface area contributed by atoms with Crippen LogP contribution in [-0.4, -0.2) is 43.6 Å². The van der Waals surface area contributed by atoms with E-state index in [1.54, 1.807) is 0 Å². The Kier molecular flexibility index (Phi) is 8.38. The molecule has 0 bridgehead atoms. The van der Waals surface area contributed by atoms with Crippen LogP contribution in [0.15, 0.2) is 59.6 Å². The van der Waals surface area contributed by atoms with E-state index < -0.39 is 0 Å². The Morgan fingerprint density at radius 2 is 1.83 bits per heavy atom. The van der Waals surface area contributed by atoms with Crippen molar-refractivity contribution in [2.75, 3.05) is 26.7 Å². The van der Waals surface area contributed by atoms with E-state index in [1.165, 1.54) is 50.0 Å². The molecule has 5 nitrogen and oxygen atoms in total. The lowest BCUT2D eigenvalue weighted by Gasteiger charge is -2.32. The van der Waals surface area contributed by atoms with E-state index in [4.69, 9.17) is 4.74 Å². The highest BCUT2D eigenvalue weighted by Gasteiger charge is 2.19. The highest BCUT2D eigenvalue weighted by atomic mass is 16.5. The molecule has 0 aliphatic carbocycles. The average Bonchev–Trinajstić information content (AvgIpc) is 2.77. The Bertz CT molecular complexity index is 754. The molecular formula is C24H34N4O. The van der Waals surface area contributed by atoms with Gasteiger partial charge in [-0.2, -0.15) is 0 Å². The minimum absolute atomic E-state index is 0.495. The van der Waals surface area contributed by atoms with Crippen molar-refractivity contribution in [3.05, 3.63) is 65.7 Å². The number of guanidine groups is 1. The van der Waals surface area contributed by atoms with Gasteiger partial charge in [0.1, 0.15) is 12.4 Å². The fourth-order valence-electron chi connectivity index (χ4n) is 3.68. The van der Waals surface area contributed by atoms with Gasteiger partial charge in [0.2, 0.25) is 0 Å². The van der Waals surface area contributed by atoms with Gasteiger partial charge in [-0.15, -0.1) is 0 Å². The summed E-state index contributed by atoms with van der Waals surface area (Å²) in [6.07, 6.45) is 3.57. The van der Waals surface area contributed by atoms with Gasteiger partial charge in [-0.25, -0.2) is 0 Å². The van der Waals surface area contributed by atoms with Gasteiger partial charge in [0, 0.05) is 32.7 Å². The molecule has 1 heterocycles. The van der Waals surface area contributed by atoms with Crippen LogP contribution in [-0.2, 0) is 13.2 Å². The third-order valence-electron chi connectivity index (χ3n) is 5.30. The number of nitrogens with one attached hydrogen (secondary N) is 2. The molecule has 0 saturated carbocycles. The minimum atomic E-state index is 0.495. The first-order valence-electron chi connectivity index (χ1n) is 10.7. The fraction of sp³-hybridized carbons (Fsp3) is 0.458. The molecular weight excluding hydrogens is 360 g/mol. The molecule has 1 aliphatic heterocycles. The first-order chi connectivity index (χ1) is 14.3. The summed E-state index contributed by atoms with van der Waals surface area (Å²) < 4.78 is 5.94. The summed E-state index contributed by atoms with van der Waals surface area (Å²) in [7, 11) is 1.83. The number of nitrogens with zero attached hydrogens (tertiary/aromatic N) is 2. The summed E-state index contributed by atoms with van der Waals surface area (Å²) in [6.45, 7) is 7.10. The van der Waals surface area contributed by atoms with Crippen LogP contribution in [0.4, 0.5) is 0 Å².